The fourth-order valence-electron chi connectivity index (χ4n) is 1.36. The van der Waals surface area contributed by atoms with Crippen LogP contribution in [-0.4, -0.2) is 57.4 Å². The Bertz CT molecular complexity index is 176. The molecule has 0 radical (unpaired) electrons. The van der Waals surface area contributed by atoms with Crippen LogP contribution in [0.5, 0.6) is 0 Å². The van der Waals surface area contributed by atoms with Gasteiger partial charge in [-0.3, -0.25) is 9.69 Å². The van der Waals surface area contributed by atoms with E-state index in [1.807, 2.05) is 0 Å². The molecular weight excluding hydrogens is 196 g/mol. The third-order valence-electron chi connectivity index (χ3n) is 2.26. The first kappa shape index (κ1) is 14.3. The number of rotatable bonds is 9. The molecular formula is C10H22N2O3. The van der Waals surface area contributed by atoms with Gasteiger partial charge in [-0.2, -0.15) is 0 Å². The molecule has 2 N–H and O–H groups in total. The molecule has 0 rings (SSSR count). The Balaban J connectivity index is 3.98. The van der Waals surface area contributed by atoms with Crippen molar-refractivity contribution in [3.63, 3.8) is 0 Å². The number of ether oxygens (including phenoxy) is 2. The highest BCUT2D eigenvalue weighted by Crippen LogP contribution is 2.01. The van der Waals surface area contributed by atoms with Crippen LogP contribution in [0.15, 0.2) is 0 Å². The van der Waals surface area contributed by atoms with E-state index in [0.717, 1.165) is 6.54 Å². The quantitative estimate of drug-likeness (QED) is 0.584. The number of nitrogens with two attached hydrogens (primary N) is 1. The Kier molecular flexibility index (Phi) is 8.27. The summed E-state index contributed by atoms with van der Waals surface area (Å²) in [6, 6.07) is 0.268. The Morgan fingerprint density at radius 3 is 2.47 bits per heavy atom. The van der Waals surface area contributed by atoms with Crippen LogP contribution < -0.4 is 5.73 Å². The molecule has 0 bridgehead atoms. The Morgan fingerprint density at radius 2 is 2.00 bits per heavy atom. The number of nitrogens with zero attached hydrogens (tertiary/aromatic N) is 1. The third kappa shape index (κ3) is 7.30. The van der Waals surface area contributed by atoms with Crippen LogP contribution >= 0.6 is 0 Å². The molecule has 0 aliphatic rings. The molecule has 0 heterocycles. The van der Waals surface area contributed by atoms with Gasteiger partial charge in [-0.1, -0.05) is 0 Å². The molecule has 0 aromatic carbocycles. The van der Waals surface area contributed by atoms with Crippen molar-refractivity contribution < 1.29 is 14.3 Å². The van der Waals surface area contributed by atoms with Crippen LogP contribution in [0.3, 0.4) is 0 Å². The lowest BCUT2D eigenvalue weighted by molar-refractivity contribution is -0.118. The van der Waals surface area contributed by atoms with Gasteiger partial charge in [-0.25, -0.2) is 0 Å². The summed E-state index contributed by atoms with van der Waals surface area (Å²) in [6.45, 7) is 4.78. The summed E-state index contributed by atoms with van der Waals surface area (Å²) in [7, 11) is 3.33. The Hall–Kier alpha value is -0.650. The summed E-state index contributed by atoms with van der Waals surface area (Å²) < 4.78 is 10.1. The van der Waals surface area contributed by atoms with E-state index in [-0.39, 0.29) is 11.9 Å². The third-order valence-corrected chi connectivity index (χ3v) is 2.26. The number of amides is 1. The number of carbonyl (C=O) groups excluding carboxylic acids is 1. The first-order valence-corrected chi connectivity index (χ1v) is 5.12. The molecule has 90 valence electrons. The van der Waals surface area contributed by atoms with Crippen LogP contribution in [-0.2, 0) is 14.3 Å². The molecule has 0 saturated carbocycles. The molecule has 0 aliphatic carbocycles. The van der Waals surface area contributed by atoms with Crippen LogP contribution in [0.25, 0.3) is 0 Å². The van der Waals surface area contributed by atoms with E-state index in [1.165, 1.54) is 0 Å². The molecule has 0 spiro atoms. The van der Waals surface area contributed by atoms with Crippen LogP contribution in [0.4, 0.5) is 0 Å². The first-order valence-electron chi connectivity index (χ1n) is 5.12. The SMILES string of the molecule is COCCN(CCC(N)=O)C(C)COC. The van der Waals surface area contributed by atoms with Gasteiger partial charge >= 0.3 is 0 Å². The second kappa shape index (κ2) is 8.64. The maximum atomic E-state index is 10.7. The van der Waals surface area contributed by atoms with Crippen molar-refractivity contribution in [3.05, 3.63) is 0 Å². The van der Waals surface area contributed by atoms with E-state index >= 15 is 0 Å². The minimum atomic E-state index is -0.276. The zero-order valence-electron chi connectivity index (χ0n) is 9.86. The van der Waals surface area contributed by atoms with Gasteiger partial charge in [0.25, 0.3) is 0 Å². The monoisotopic (exact) mass is 218 g/mol. The smallest absolute Gasteiger partial charge is 0.218 e. The topological polar surface area (TPSA) is 64.8 Å². The zero-order valence-corrected chi connectivity index (χ0v) is 9.86. The van der Waals surface area contributed by atoms with E-state index in [4.69, 9.17) is 15.2 Å². The van der Waals surface area contributed by atoms with Gasteiger partial charge in [0.15, 0.2) is 0 Å². The minimum absolute atomic E-state index is 0.268. The average molecular weight is 218 g/mol. The molecule has 0 aliphatic heterocycles. The standard InChI is InChI=1S/C10H22N2O3/c1-9(8-15-3)12(6-7-14-2)5-4-10(11)13/h9H,4-8H2,1-3H3,(H2,11,13). The molecule has 0 fully saturated rings. The average Bonchev–Trinajstić information content (AvgIpc) is 2.17. The molecule has 1 atom stereocenters. The van der Waals surface area contributed by atoms with Crippen LogP contribution in [0.2, 0.25) is 0 Å². The Labute approximate surface area is 91.5 Å². The van der Waals surface area contributed by atoms with E-state index in [2.05, 4.69) is 11.8 Å². The van der Waals surface area contributed by atoms with Gasteiger partial charge in [0, 0.05) is 39.8 Å². The van der Waals surface area contributed by atoms with Crippen molar-refractivity contribution in [2.45, 2.75) is 19.4 Å². The van der Waals surface area contributed by atoms with Crippen molar-refractivity contribution in [2.24, 2.45) is 5.73 Å². The molecule has 1 unspecified atom stereocenters. The second-order valence-corrected chi connectivity index (χ2v) is 3.55. The van der Waals surface area contributed by atoms with E-state index in [0.29, 0.717) is 26.2 Å². The predicted octanol–water partition coefficient (Wildman–Crippen LogP) is -0.155. The number of methoxy groups -OCH3 is 2. The highest BCUT2D eigenvalue weighted by molar-refractivity contribution is 5.73. The van der Waals surface area contributed by atoms with Crippen molar-refractivity contribution in [2.75, 3.05) is 40.5 Å². The highest BCUT2D eigenvalue weighted by Gasteiger charge is 2.13. The fraction of sp³-hybridized carbons (Fsp3) is 0.900. The van der Waals surface area contributed by atoms with Crippen molar-refractivity contribution in [1.29, 1.82) is 0 Å². The number of hydrogen-bond donors (Lipinski definition) is 1. The van der Waals surface area contributed by atoms with Gasteiger partial charge in [0.05, 0.1) is 13.2 Å². The van der Waals surface area contributed by atoms with Crippen LogP contribution in [0, 0.1) is 0 Å². The lowest BCUT2D eigenvalue weighted by Crippen LogP contribution is -2.40. The Morgan fingerprint density at radius 1 is 1.33 bits per heavy atom. The second-order valence-electron chi connectivity index (χ2n) is 3.55. The molecule has 5 nitrogen and oxygen atoms in total. The first-order chi connectivity index (χ1) is 7.11. The lowest BCUT2D eigenvalue weighted by atomic mass is 10.2. The van der Waals surface area contributed by atoms with Crippen molar-refractivity contribution in [3.8, 4) is 0 Å². The van der Waals surface area contributed by atoms with E-state index < -0.39 is 0 Å². The van der Waals surface area contributed by atoms with Gasteiger partial charge in [0.1, 0.15) is 0 Å². The van der Waals surface area contributed by atoms with Crippen LogP contribution in [0.1, 0.15) is 13.3 Å². The maximum absolute atomic E-state index is 10.7. The zero-order chi connectivity index (χ0) is 11.7. The van der Waals surface area contributed by atoms with Gasteiger partial charge in [-0.05, 0) is 6.92 Å². The molecule has 15 heavy (non-hydrogen) atoms. The largest absolute Gasteiger partial charge is 0.383 e. The van der Waals surface area contributed by atoms with Gasteiger partial charge < -0.3 is 15.2 Å². The van der Waals surface area contributed by atoms with Gasteiger partial charge in [0.2, 0.25) is 5.91 Å². The van der Waals surface area contributed by atoms with Gasteiger partial charge in [-0.15, -0.1) is 0 Å². The molecule has 1 amide bonds. The number of carbonyl (C=O) groups is 1. The summed E-state index contributed by atoms with van der Waals surface area (Å²) in [6.07, 6.45) is 0.373. The van der Waals surface area contributed by atoms with Crippen molar-refractivity contribution >= 4 is 5.91 Å². The highest BCUT2D eigenvalue weighted by atomic mass is 16.5. The fourth-order valence-corrected chi connectivity index (χ4v) is 1.36. The predicted molar refractivity (Wildman–Crippen MR) is 58.6 cm³/mol. The molecule has 0 aromatic heterocycles. The summed E-state index contributed by atoms with van der Waals surface area (Å²) in [5, 5.41) is 0. The molecule has 5 heteroatoms. The summed E-state index contributed by atoms with van der Waals surface area (Å²) in [4.78, 5) is 12.8. The normalized spacial score (nSPS) is 13.1. The summed E-state index contributed by atoms with van der Waals surface area (Å²) in [5.74, 6) is -0.276. The maximum Gasteiger partial charge on any atom is 0.218 e. The minimum Gasteiger partial charge on any atom is -0.383 e. The summed E-state index contributed by atoms with van der Waals surface area (Å²) in [5.41, 5.74) is 5.12. The number of hydrogen-bond acceptors (Lipinski definition) is 4. The molecule has 0 saturated heterocycles. The summed E-state index contributed by atoms with van der Waals surface area (Å²) >= 11 is 0. The molecule has 0 aromatic rings. The van der Waals surface area contributed by atoms with E-state index in [9.17, 15) is 4.79 Å². The lowest BCUT2D eigenvalue weighted by Gasteiger charge is -2.27. The number of primary amides is 1. The van der Waals surface area contributed by atoms with Crippen molar-refractivity contribution in [1.82, 2.24) is 4.90 Å². The van der Waals surface area contributed by atoms with E-state index in [1.54, 1.807) is 14.2 Å².